The summed E-state index contributed by atoms with van der Waals surface area (Å²) in [6, 6.07) is 14.8. The van der Waals surface area contributed by atoms with Crippen LogP contribution in [0.2, 0.25) is 0 Å². The van der Waals surface area contributed by atoms with Gasteiger partial charge in [0.25, 0.3) is 0 Å². The predicted molar refractivity (Wildman–Crippen MR) is 101 cm³/mol. The molecule has 0 radical (unpaired) electrons. The normalized spacial score (nSPS) is 11.7. The molecule has 0 bridgehead atoms. The molecule has 0 saturated heterocycles. The summed E-state index contributed by atoms with van der Waals surface area (Å²) in [6.45, 7) is 0.927. The lowest BCUT2D eigenvalue weighted by Crippen LogP contribution is -2.24. The molecule has 2 aromatic carbocycles. The van der Waals surface area contributed by atoms with Crippen molar-refractivity contribution in [1.29, 1.82) is 0 Å². The summed E-state index contributed by atoms with van der Waals surface area (Å²) in [5.74, 6) is -0.0922. The van der Waals surface area contributed by atoms with Crippen molar-refractivity contribution >= 4 is 16.8 Å². The fourth-order valence-electron chi connectivity index (χ4n) is 3.02. The second kappa shape index (κ2) is 8.48. The van der Waals surface area contributed by atoms with E-state index >= 15 is 0 Å². The van der Waals surface area contributed by atoms with Crippen LogP contribution in [0.4, 0.5) is 13.2 Å². The van der Waals surface area contributed by atoms with Gasteiger partial charge in [0.15, 0.2) is 0 Å². The molecule has 0 aliphatic carbocycles. The Morgan fingerprint density at radius 2 is 1.75 bits per heavy atom. The monoisotopic (exact) mass is 390 g/mol. The van der Waals surface area contributed by atoms with E-state index in [-0.39, 0.29) is 18.9 Å². The molecule has 7 heteroatoms. The van der Waals surface area contributed by atoms with Gasteiger partial charge in [-0.15, -0.1) is 0 Å². The third-order valence-corrected chi connectivity index (χ3v) is 4.41. The summed E-state index contributed by atoms with van der Waals surface area (Å²) in [7, 11) is 0. The number of alkyl halides is 3. The maximum atomic E-state index is 12.3. The van der Waals surface area contributed by atoms with Gasteiger partial charge in [-0.3, -0.25) is 4.79 Å². The first-order valence-electron chi connectivity index (χ1n) is 8.87. The van der Waals surface area contributed by atoms with Gasteiger partial charge in [0, 0.05) is 23.1 Å². The van der Waals surface area contributed by atoms with Gasteiger partial charge in [0.05, 0.1) is 13.0 Å². The number of fused-ring (bicyclic) bond motifs is 1. The Bertz CT molecular complexity index is 946. The van der Waals surface area contributed by atoms with Gasteiger partial charge >= 0.3 is 6.18 Å². The molecule has 0 atom stereocenters. The third kappa shape index (κ3) is 5.36. The lowest BCUT2D eigenvalue weighted by Gasteiger charge is -2.09. The molecule has 148 valence electrons. The summed E-state index contributed by atoms with van der Waals surface area (Å²) in [5, 5.41) is 3.92. The molecular formula is C21H21F3N2O2. The predicted octanol–water partition coefficient (Wildman–Crippen LogP) is 4.41. The molecule has 0 aliphatic rings. The number of hydrogen-bond acceptors (Lipinski definition) is 2. The number of aromatic nitrogens is 1. The highest BCUT2D eigenvalue weighted by Gasteiger charge is 2.27. The Morgan fingerprint density at radius 3 is 2.46 bits per heavy atom. The van der Waals surface area contributed by atoms with E-state index in [9.17, 15) is 18.0 Å². The fourth-order valence-corrected chi connectivity index (χ4v) is 3.02. The van der Waals surface area contributed by atoms with Crippen molar-refractivity contribution in [3.63, 3.8) is 0 Å². The van der Waals surface area contributed by atoms with Gasteiger partial charge in [0.1, 0.15) is 6.61 Å². The van der Waals surface area contributed by atoms with Crippen LogP contribution >= 0.6 is 0 Å². The van der Waals surface area contributed by atoms with E-state index < -0.39 is 12.8 Å². The van der Waals surface area contributed by atoms with Gasteiger partial charge in [0.2, 0.25) is 5.91 Å². The number of rotatable bonds is 7. The Hall–Kier alpha value is -2.80. The molecule has 28 heavy (non-hydrogen) atoms. The van der Waals surface area contributed by atoms with Crippen LogP contribution in [0.25, 0.3) is 10.9 Å². The Kier molecular flexibility index (Phi) is 6.04. The van der Waals surface area contributed by atoms with Crippen LogP contribution in [0, 0.1) is 6.92 Å². The average Bonchev–Trinajstić information content (AvgIpc) is 2.95. The minimum absolute atomic E-state index is 0.0922. The number of amides is 1. The van der Waals surface area contributed by atoms with E-state index in [0.717, 1.165) is 27.7 Å². The van der Waals surface area contributed by atoms with Gasteiger partial charge < -0.3 is 15.0 Å². The molecule has 1 amide bonds. The number of para-hydroxylation sites is 1. The summed E-state index contributed by atoms with van der Waals surface area (Å²) in [6.07, 6.45) is -4.05. The van der Waals surface area contributed by atoms with Crippen LogP contribution in [-0.4, -0.2) is 23.7 Å². The minimum atomic E-state index is -4.33. The zero-order valence-corrected chi connectivity index (χ0v) is 15.4. The van der Waals surface area contributed by atoms with Crippen LogP contribution in [0.1, 0.15) is 22.4 Å². The van der Waals surface area contributed by atoms with E-state index in [2.05, 4.69) is 15.0 Å². The molecule has 1 heterocycles. The van der Waals surface area contributed by atoms with Crippen LogP contribution < -0.4 is 5.32 Å². The highest BCUT2D eigenvalue weighted by molar-refractivity contribution is 5.90. The van der Waals surface area contributed by atoms with Crippen molar-refractivity contribution in [3.8, 4) is 0 Å². The quantitative estimate of drug-likeness (QED) is 0.628. The van der Waals surface area contributed by atoms with Gasteiger partial charge in [-0.2, -0.15) is 13.2 Å². The molecule has 0 unspecified atom stereocenters. The molecule has 0 saturated carbocycles. The number of H-pyrrole nitrogens is 1. The second-order valence-corrected chi connectivity index (χ2v) is 6.65. The van der Waals surface area contributed by atoms with E-state index in [0.29, 0.717) is 12.1 Å². The van der Waals surface area contributed by atoms with Crippen LogP contribution in [0.5, 0.6) is 0 Å². The number of ether oxygens (including phenoxy) is 1. The number of aryl methyl sites for hydroxylation is 1. The van der Waals surface area contributed by atoms with E-state index in [1.54, 1.807) is 24.3 Å². The Morgan fingerprint density at radius 1 is 1.07 bits per heavy atom. The number of nitrogens with one attached hydrogen (secondary N) is 2. The fraction of sp³-hybridized carbons (Fsp3) is 0.286. The van der Waals surface area contributed by atoms with Gasteiger partial charge in [-0.1, -0.05) is 42.5 Å². The van der Waals surface area contributed by atoms with E-state index in [1.807, 2.05) is 31.2 Å². The first-order valence-corrected chi connectivity index (χ1v) is 8.87. The van der Waals surface area contributed by atoms with Gasteiger partial charge in [-0.25, -0.2) is 0 Å². The maximum absolute atomic E-state index is 12.3. The molecule has 0 spiro atoms. The largest absolute Gasteiger partial charge is 0.411 e. The summed E-state index contributed by atoms with van der Waals surface area (Å²) >= 11 is 0. The first-order chi connectivity index (χ1) is 13.3. The topological polar surface area (TPSA) is 54.1 Å². The summed E-state index contributed by atoms with van der Waals surface area (Å²) < 4.78 is 40.9. The van der Waals surface area contributed by atoms with Crippen LogP contribution in [0.15, 0.2) is 48.5 Å². The van der Waals surface area contributed by atoms with E-state index in [1.165, 1.54) is 0 Å². The lowest BCUT2D eigenvalue weighted by molar-refractivity contribution is -0.176. The van der Waals surface area contributed by atoms with Crippen LogP contribution in [0.3, 0.4) is 0 Å². The number of carbonyl (C=O) groups excluding carboxylic acids is 1. The highest BCUT2D eigenvalue weighted by Crippen LogP contribution is 2.22. The van der Waals surface area contributed by atoms with E-state index in [4.69, 9.17) is 0 Å². The second-order valence-electron chi connectivity index (χ2n) is 6.65. The summed E-state index contributed by atoms with van der Waals surface area (Å²) in [4.78, 5) is 15.6. The molecule has 1 aromatic heterocycles. The molecule has 3 aromatic rings. The zero-order chi connectivity index (χ0) is 20.1. The molecule has 0 fully saturated rings. The third-order valence-electron chi connectivity index (χ3n) is 4.41. The van der Waals surface area contributed by atoms with Crippen LogP contribution in [-0.2, 0) is 29.1 Å². The van der Waals surface area contributed by atoms with Crippen molar-refractivity contribution in [2.75, 3.05) is 6.61 Å². The molecule has 2 N–H and O–H groups in total. The van der Waals surface area contributed by atoms with Crippen molar-refractivity contribution in [2.24, 2.45) is 0 Å². The molecule has 0 aliphatic heterocycles. The standard InChI is InChI=1S/C21H21F3N2O2/c1-14-18(17-4-2-3-5-19(17)26-14)10-20(27)25-11-15-6-8-16(9-7-15)12-28-13-21(22,23)24/h2-9,26H,10-13H2,1H3,(H,25,27). The first kappa shape index (κ1) is 19.9. The number of halogens is 3. The maximum Gasteiger partial charge on any atom is 0.411 e. The number of carbonyl (C=O) groups is 1. The highest BCUT2D eigenvalue weighted by atomic mass is 19.4. The number of hydrogen-bond donors (Lipinski definition) is 2. The number of benzene rings is 2. The molecular weight excluding hydrogens is 369 g/mol. The van der Waals surface area contributed by atoms with Crippen molar-refractivity contribution in [2.45, 2.75) is 32.7 Å². The smallest absolute Gasteiger partial charge is 0.367 e. The Balaban J connectivity index is 1.51. The lowest BCUT2D eigenvalue weighted by atomic mass is 10.1. The van der Waals surface area contributed by atoms with Crippen molar-refractivity contribution in [3.05, 3.63) is 70.9 Å². The zero-order valence-electron chi connectivity index (χ0n) is 15.4. The van der Waals surface area contributed by atoms with Gasteiger partial charge in [-0.05, 0) is 29.7 Å². The SMILES string of the molecule is Cc1[nH]c2ccccc2c1CC(=O)NCc1ccc(COCC(F)(F)F)cc1. The average molecular weight is 390 g/mol. The summed E-state index contributed by atoms with van der Waals surface area (Å²) in [5.41, 5.74) is 4.47. The Labute approximate surface area is 160 Å². The minimum Gasteiger partial charge on any atom is -0.367 e. The van der Waals surface area contributed by atoms with Crippen molar-refractivity contribution in [1.82, 2.24) is 10.3 Å². The number of aromatic amines is 1. The molecule has 3 rings (SSSR count). The van der Waals surface area contributed by atoms with Crippen molar-refractivity contribution < 1.29 is 22.7 Å². The molecule has 4 nitrogen and oxygen atoms in total.